The molecule has 5 heterocycles. The van der Waals surface area contributed by atoms with E-state index in [1.54, 1.807) is 30.1 Å². The fourth-order valence-corrected chi connectivity index (χ4v) is 4.46. The Hall–Kier alpha value is -3.72. The van der Waals surface area contributed by atoms with Gasteiger partial charge in [0, 0.05) is 24.5 Å². The fraction of sp³-hybridized carbons (Fsp3) is 0.143. The van der Waals surface area contributed by atoms with Crippen LogP contribution in [0.5, 0.6) is 0 Å². The molecule has 1 aromatic carbocycles. The number of benzene rings is 1. The molecule has 148 valence electrons. The van der Waals surface area contributed by atoms with E-state index in [0.29, 0.717) is 6.01 Å². The SMILES string of the molecule is C1=C(c2cc3c(Nc4ccc5ncsc5c4)ncnc3[nH]2)CCN(c2ncco2)C1. The number of anilines is 3. The summed E-state index contributed by atoms with van der Waals surface area (Å²) < 4.78 is 6.55. The van der Waals surface area contributed by atoms with Gasteiger partial charge in [0.2, 0.25) is 0 Å². The number of fused-ring (bicyclic) bond motifs is 2. The minimum absolute atomic E-state index is 0.664. The molecule has 6 rings (SSSR count). The van der Waals surface area contributed by atoms with Gasteiger partial charge in [0.25, 0.3) is 6.01 Å². The van der Waals surface area contributed by atoms with E-state index in [4.69, 9.17) is 4.42 Å². The molecule has 9 heteroatoms. The molecule has 0 amide bonds. The minimum atomic E-state index is 0.664. The Bertz CT molecular complexity index is 1370. The number of aromatic nitrogens is 5. The molecule has 0 radical (unpaired) electrons. The Morgan fingerprint density at radius 2 is 2.13 bits per heavy atom. The van der Waals surface area contributed by atoms with Crippen LogP contribution in [0.1, 0.15) is 12.1 Å². The first-order valence-electron chi connectivity index (χ1n) is 9.61. The predicted molar refractivity (Wildman–Crippen MR) is 118 cm³/mol. The molecular weight excluding hydrogens is 398 g/mol. The third-order valence-electron chi connectivity index (χ3n) is 5.26. The van der Waals surface area contributed by atoms with Crippen LogP contribution in [0.25, 0.3) is 26.8 Å². The van der Waals surface area contributed by atoms with E-state index in [-0.39, 0.29) is 0 Å². The first-order valence-corrected chi connectivity index (χ1v) is 10.5. The molecule has 30 heavy (non-hydrogen) atoms. The standard InChI is InChI=1S/C21H17N7OS/c1-2-16-18(30-12-25-16)9-14(1)26-19-15-10-17(27-20(15)24-11-23-19)13-3-6-28(7-4-13)21-22-5-8-29-21/h1-3,5,8-12H,4,6-7H2,(H2,23,24,26,27). The van der Waals surface area contributed by atoms with Gasteiger partial charge in [0.15, 0.2) is 0 Å². The summed E-state index contributed by atoms with van der Waals surface area (Å²) in [4.78, 5) is 23.0. The number of aromatic amines is 1. The third-order valence-corrected chi connectivity index (χ3v) is 6.06. The van der Waals surface area contributed by atoms with E-state index < -0.39 is 0 Å². The number of hydrogen-bond donors (Lipinski definition) is 2. The van der Waals surface area contributed by atoms with Gasteiger partial charge in [-0.05, 0) is 36.3 Å². The van der Waals surface area contributed by atoms with Crippen LogP contribution in [0.15, 0.2) is 59.1 Å². The lowest BCUT2D eigenvalue weighted by Gasteiger charge is -2.24. The van der Waals surface area contributed by atoms with Crippen molar-refractivity contribution >= 4 is 55.7 Å². The zero-order valence-electron chi connectivity index (χ0n) is 15.9. The highest BCUT2D eigenvalue weighted by atomic mass is 32.1. The van der Waals surface area contributed by atoms with Gasteiger partial charge in [-0.2, -0.15) is 0 Å². The smallest absolute Gasteiger partial charge is 0.297 e. The maximum atomic E-state index is 5.40. The van der Waals surface area contributed by atoms with Crippen LogP contribution in [0, 0.1) is 0 Å². The van der Waals surface area contributed by atoms with Gasteiger partial charge in [0.1, 0.15) is 24.1 Å². The third kappa shape index (κ3) is 3.00. The summed E-state index contributed by atoms with van der Waals surface area (Å²) in [5.41, 5.74) is 6.98. The Labute approximate surface area is 175 Å². The van der Waals surface area contributed by atoms with Crippen molar-refractivity contribution in [3.63, 3.8) is 0 Å². The molecule has 0 unspecified atom stereocenters. The quantitative estimate of drug-likeness (QED) is 0.443. The highest BCUT2D eigenvalue weighted by Gasteiger charge is 2.18. The molecule has 0 saturated heterocycles. The highest BCUT2D eigenvalue weighted by molar-refractivity contribution is 7.16. The summed E-state index contributed by atoms with van der Waals surface area (Å²) in [5, 5.41) is 4.40. The molecule has 0 atom stereocenters. The van der Waals surface area contributed by atoms with Crippen LogP contribution in [-0.2, 0) is 0 Å². The normalized spacial score (nSPS) is 14.4. The van der Waals surface area contributed by atoms with E-state index in [1.807, 2.05) is 17.6 Å². The molecular formula is C21H17N7OS. The summed E-state index contributed by atoms with van der Waals surface area (Å²) in [6, 6.07) is 8.91. The monoisotopic (exact) mass is 415 g/mol. The zero-order valence-corrected chi connectivity index (χ0v) is 16.7. The van der Waals surface area contributed by atoms with Crippen LogP contribution >= 0.6 is 11.3 Å². The number of hydrogen-bond acceptors (Lipinski definition) is 8. The molecule has 5 aromatic rings. The van der Waals surface area contributed by atoms with Crippen LogP contribution in [0.4, 0.5) is 17.5 Å². The molecule has 0 saturated carbocycles. The number of nitrogens with one attached hydrogen (secondary N) is 2. The molecule has 0 fully saturated rings. The van der Waals surface area contributed by atoms with Gasteiger partial charge in [-0.15, -0.1) is 11.3 Å². The summed E-state index contributed by atoms with van der Waals surface area (Å²) >= 11 is 1.63. The van der Waals surface area contributed by atoms with Crippen molar-refractivity contribution in [3.05, 3.63) is 60.3 Å². The molecule has 1 aliphatic heterocycles. The van der Waals surface area contributed by atoms with E-state index in [2.05, 4.69) is 53.3 Å². The summed E-state index contributed by atoms with van der Waals surface area (Å²) in [7, 11) is 0. The Balaban J connectivity index is 1.29. The Morgan fingerprint density at radius 1 is 1.13 bits per heavy atom. The number of H-pyrrole nitrogens is 1. The lowest BCUT2D eigenvalue weighted by atomic mass is 10.1. The lowest BCUT2D eigenvalue weighted by Crippen LogP contribution is -2.28. The van der Waals surface area contributed by atoms with Crippen molar-refractivity contribution in [2.75, 3.05) is 23.3 Å². The Kier molecular flexibility index (Phi) is 3.98. The second kappa shape index (κ2) is 6.96. The predicted octanol–water partition coefficient (Wildman–Crippen LogP) is 4.59. The molecule has 4 aromatic heterocycles. The van der Waals surface area contributed by atoms with Gasteiger partial charge >= 0.3 is 0 Å². The second-order valence-corrected chi connectivity index (χ2v) is 7.95. The molecule has 1 aliphatic rings. The second-order valence-electron chi connectivity index (χ2n) is 7.07. The van der Waals surface area contributed by atoms with Crippen LogP contribution in [0.3, 0.4) is 0 Å². The molecule has 8 nitrogen and oxygen atoms in total. The molecule has 0 aliphatic carbocycles. The van der Waals surface area contributed by atoms with Gasteiger partial charge in [-0.3, -0.25) is 0 Å². The van der Waals surface area contributed by atoms with Crippen molar-refractivity contribution in [2.24, 2.45) is 0 Å². The van der Waals surface area contributed by atoms with Crippen LogP contribution in [-0.4, -0.2) is 38.0 Å². The number of oxazole rings is 1. The lowest BCUT2D eigenvalue weighted by molar-refractivity contribution is 0.538. The average molecular weight is 415 g/mol. The van der Waals surface area contributed by atoms with Crippen molar-refractivity contribution in [3.8, 4) is 0 Å². The number of rotatable bonds is 4. The summed E-state index contributed by atoms with van der Waals surface area (Å²) in [6.45, 7) is 1.62. The molecule has 0 bridgehead atoms. The van der Waals surface area contributed by atoms with E-state index in [0.717, 1.165) is 58.0 Å². The molecule has 2 N–H and O–H groups in total. The summed E-state index contributed by atoms with van der Waals surface area (Å²) in [5.74, 6) is 0.782. The van der Waals surface area contributed by atoms with Crippen molar-refractivity contribution < 1.29 is 4.42 Å². The fourth-order valence-electron chi connectivity index (χ4n) is 3.74. The minimum Gasteiger partial charge on any atom is -0.432 e. The van der Waals surface area contributed by atoms with Crippen molar-refractivity contribution in [1.29, 1.82) is 0 Å². The zero-order chi connectivity index (χ0) is 19.9. The summed E-state index contributed by atoms with van der Waals surface area (Å²) in [6.07, 6.45) is 7.96. The molecule has 0 spiro atoms. The Morgan fingerprint density at radius 3 is 3.00 bits per heavy atom. The maximum absolute atomic E-state index is 5.40. The highest BCUT2D eigenvalue weighted by Crippen LogP contribution is 2.31. The van der Waals surface area contributed by atoms with Crippen molar-refractivity contribution in [2.45, 2.75) is 6.42 Å². The van der Waals surface area contributed by atoms with Crippen LogP contribution in [0.2, 0.25) is 0 Å². The topological polar surface area (TPSA) is 95.8 Å². The van der Waals surface area contributed by atoms with Gasteiger partial charge in [0.05, 0.1) is 27.3 Å². The average Bonchev–Trinajstić information content (AvgIpc) is 3.53. The number of thiazole rings is 1. The number of nitrogens with zero attached hydrogens (tertiary/aromatic N) is 5. The van der Waals surface area contributed by atoms with E-state index in [1.165, 1.54) is 5.57 Å². The van der Waals surface area contributed by atoms with Gasteiger partial charge in [-0.25, -0.2) is 19.9 Å². The van der Waals surface area contributed by atoms with Crippen LogP contribution < -0.4 is 10.2 Å². The van der Waals surface area contributed by atoms with E-state index >= 15 is 0 Å². The maximum Gasteiger partial charge on any atom is 0.297 e. The van der Waals surface area contributed by atoms with Gasteiger partial charge in [-0.1, -0.05) is 6.08 Å². The first kappa shape index (κ1) is 17.2. The van der Waals surface area contributed by atoms with E-state index in [9.17, 15) is 0 Å². The van der Waals surface area contributed by atoms with Crippen molar-refractivity contribution in [1.82, 2.24) is 24.9 Å². The van der Waals surface area contributed by atoms with Gasteiger partial charge < -0.3 is 19.6 Å². The first-order chi connectivity index (χ1) is 14.8. The largest absolute Gasteiger partial charge is 0.432 e.